The van der Waals surface area contributed by atoms with E-state index in [9.17, 15) is 0 Å². The van der Waals surface area contributed by atoms with Gasteiger partial charge in [0.15, 0.2) is 0 Å². The molecule has 0 aliphatic carbocycles. The average molecular weight is 377 g/mol. The summed E-state index contributed by atoms with van der Waals surface area (Å²) >= 11 is 1.83. The number of hydrogen-bond donors (Lipinski definition) is 0. The summed E-state index contributed by atoms with van der Waals surface area (Å²) in [7, 11) is 0. The molecule has 3 heteroatoms. The van der Waals surface area contributed by atoms with Gasteiger partial charge in [-0.25, -0.2) is 0 Å². The van der Waals surface area contributed by atoms with Gasteiger partial charge in [0, 0.05) is 31.8 Å². The number of benzene rings is 4. The fraction of sp³-hybridized carbons (Fsp3) is 0. The summed E-state index contributed by atoms with van der Waals surface area (Å²) in [5.74, 6) is 0. The smallest absolute Gasteiger partial charge is 0.137 e. The van der Waals surface area contributed by atoms with E-state index in [0.717, 1.165) is 33.2 Å². The summed E-state index contributed by atoms with van der Waals surface area (Å²) < 4.78 is 8.57. The molecule has 132 valence electrons. The van der Waals surface area contributed by atoms with E-state index in [2.05, 4.69) is 48.5 Å². The molecule has 6 aromatic rings. The van der Waals surface area contributed by atoms with Crippen LogP contribution >= 0.6 is 11.3 Å². The molecule has 0 fully saturated rings. The normalized spacial score (nSPS) is 12.1. The Balaban J connectivity index is 1.48. The van der Waals surface area contributed by atoms with E-state index in [1.165, 1.54) is 20.2 Å². The third-order valence-electron chi connectivity index (χ3n) is 5.14. The second-order valence-corrected chi connectivity index (χ2v) is 7.94. The second kappa shape index (κ2) is 6.04. The molecule has 0 aliphatic rings. The lowest BCUT2D eigenvalue weighted by atomic mass is 10.1. The van der Waals surface area contributed by atoms with Crippen molar-refractivity contribution in [1.82, 2.24) is 0 Å². The molecule has 28 heavy (non-hydrogen) atoms. The molecular weight excluding hydrogens is 362 g/mol. The Kier molecular flexibility index (Phi) is 3.37. The van der Waals surface area contributed by atoms with Crippen molar-refractivity contribution < 1.29 is 4.42 Å². The van der Waals surface area contributed by atoms with Crippen LogP contribution in [0.25, 0.3) is 42.1 Å². The highest BCUT2D eigenvalue weighted by Gasteiger charge is 2.10. The van der Waals surface area contributed by atoms with Gasteiger partial charge < -0.3 is 4.42 Å². The molecule has 0 spiro atoms. The van der Waals surface area contributed by atoms with Crippen molar-refractivity contribution in [2.75, 3.05) is 0 Å². The van der Waals surface area contributed by atoms with Crippen LogP contribution in [0.15, 0.2) is 94.3 Å². The standard InChI is InChI=1S/C25H15NOS/c1-3-9-21-19(7-1)25-20(8-5-10-22(25)27-21)26-15-16-12-13-18-17-6-2-4-11-23(17)28-24(18)14-16/h1-15H. The van der Waals surface area contributed by atoms with Gasteiger partial charge in [-0.05, 0) is 35.9 Å². The third kappa shape index (κ3) is 2.37. The Labute approximate surface area is 165 Å². The number of rotatable bonds is 2. The Morgan fingerprint density at radius 1 is 0.679 bits per heavy atom. The molecule has 2 nitrogen and oxygen atoms in total. The van der Waals surface area contributed by atoms with Gasteiger partial charge in [-0.1, -0.05) is 54.6 Å². The summed E-state index contributed by atoms with van der Waals surface area (Å²) in [5, 5.41) is 4.80. The number of furan rings is 1. The van der Waals surface area contributed by atoms with Crippen LogP contribution in [-0.2, 0) is 0 Å². The average Bonchev–Trinajstić information content (AvgIpc) is 3.30. The first-order chi connectivity index (χ1) is 13.9. The fourth-order valence-electron chi connectivity index (χ4n) is 3.83. The Bertz CT molecular complexity index is 1520. The third-order valence-corrected chi connectivity index (χ3v) is 6.27. The van der Waals surface area contributed by atoms with Gasteiger partial charge in [0.1, 0.15) is 11.2 Å². The molecule has 0 saturated heterocycles. The highest BCUT2D eigenvalue weighted by molar-refractivity contribution is 7.25. The first-order valence-electron chi connectivity index (χ1n) is 9.22. The van der Waals surface area contributed by atoms with E-state index < -0.39 is 0 Å². The van der Waals surface area contributed by atoms with E-state index >= 15 is 0 Å². The first kappa shape index (κ1) is 15.6. The molecule has 0 atom stereocenters. The van der Waals surface area contributed by atoms with Crippen molar-refractivity contribution in [2.24, 2.45) is 4.99 Å². The zero-order valence-corrected chi connectivity index (χ0v) is 15.7. The van der Waals surface area contributed by atoms with Gasteiger partial charge in [-0.2, -0.15) is 0 Å². The molecule has 0 unspecified atom stereocenters. The van der Waals surface area contributed by atoms with Gasteiger partial charge in [0.05, 0.1) is 11.1 Å². The van der Waals surface area contributed by atoms with Crippen LogP contribution in [-0.4, -0.2) is 6.21 Å². The monoisotopic (exact) mass is 377 g/mol. The number of nitrogens with zero attached hydrogens (tertiary/aromatic N) is 1. The zero-order valence-electron chi connectivity index (χ0n) is 14.9. The molecule has 4 aromatic carbocycles. The van der Waals surface area contributed by atoms with Gasteiger partial charge >= 0.3 is 0 Å². The van der Waals surface area contributed by atoms with Crippen LogP contribution in [0.3, 0.4) is 0 Å². The van der Waals surface area contributed by atoms with Crippen LogP contribution < -0.4 is 0 Å². The van der Waals surface area contributed by atoms with Crippen molar-refractivity contribution in [3.8, 4) is 0 Å². The Hall–Kier alpha value is -3.43. The molecule has 0 aliphatic heterocycles. The van der Waals surface area contributed by atoms with E-state index in [0.29, 0.717) is 0 Å². The number of thiophene rings is 1. The van der Waals surface area contributed by atoms with Crippen molar-refractivity contribution in [3.63, 3.8) is 0 Å². The van der Waals surface area contributed by atoms with Crippen molar-refractivity contribution in [3.05, 3.63) is 90.5 Å². The molecule has 0 N–H and O–H groups in total. The molecule has 2 aromatic heterocycles. The molecular formula is C25H15NOS. The van der Waals surface area contributed by atoms with Crippen LogP contribution in [0.1, 0.15) is 5.56 Å². The minimum absolute atomic E-state index is 0.871. The van der Waals surface area contributed by atoms with Gasteiger partial charge in [-0.3, -0.25) is 4.99 Å². The van der Waals surface area contributed by atoms with Crippen LogP contribution in [0.5, 0.6) is 0 Å². The van der Waals surface area contributed by atoms with Gasteiger partial charge in [0.2, 0.25) is 0 Å². The molecule has 0 bridgehead atoms. The quantitative estimate of drug-likeness (QED) is 0.284. The van der Waals surface area contributed by atoms with Crippen molar-refractivity contribution >= 4 is 65.3 Å². The highest BCUT2D eigenvalue weighted by Crippen LogP contribution is 2.36. The number of aliphatic imine (C=N–C) groups is 1. The van der Waals surface area contributed by atoms with Crippen molar-refractivity contribution in [2.45, 2.75) is 0 Å². The zero-order chi connectivity index (χ0) is 18.5. The Morgan fingerprint density at radius 2 is 1.46 bits per heavy atom. The molecule has 0 saturated carbocycles. The van der Waals surface area contributed by atoms with Gasteiger partial charge in [0.25, 0.3) is 0 Å². The van der Waals surface area contributed by atoms with Crippen LogP contribution in [0, 0.1) is 0 Å². The molecule has 6 rings (SSSR count). The summed E-state index contributed by atoms with van der Waals surface area (Å²) in [5.41, 5.74) is 3.80. The SMILES string of the molecule is C(=Nc1cccc2oc3ccccc3c12)c1ccc2c(c1)sc1ccccc12. The lowest BCUT2D eigenvalue weighted by molar-refractivity contribution is 0.669. The van der Waals surface area contributed by atoms with Gasteiger partial charge in [-0.15, -0.1) is 11.3 Å². The molecule has 0 radical (unpaired) electrons. The summed E-state index contributed by atoms with van der Waals surface area (Å²) in [6, 6.07) is 29.3. The maximum atomic E-state index is 5.96. The lowest BCUT2D eigenvalue weighted by Gasteiger charge is -1.98. The first-order valence-corrected chi connectivity index (χ1v) is 10.0. The summed E-state index contributed by atoms with van der Waals surface area (Å²) in [6.07, 6.45) is 1.94. The summed E-state index contributed by atoms with van der Waals surface area (Å²) in [6.45, 7) is 0. The topological polar surface area (TPSA) is 25.5 Å². The van der Waals surface area contributed by atoms with Crippen LogP contribution in [0.4, 0.5) is 5.69 Å². The lowest BCUT2D eigenvalue weighted by Crippen LogP contribution is -1.80. The highest BCUT2D eigenvalue weighted by atomic mass is 32.1. The van der Waals surface area contributed by atoms with E-state index in [-0.39, 0.29) is 0 Å². The predicted octanol–water partition coefficient (Wildman–Crippen LogP) is 7.70. The minimum atomic E-state index is 0.871. The summed E-state index contributed by atoms with van der Waals surface area (Å²) in [4.78, 5) is 4.81. The number of fused-ring (bicyclic) bond motifs is 6. The minimum Gasteiger partial charge on any atom is -0.456 e. The maximum Gasteiger partial charge on any atom is 0.137 e. The van der Waals surface area contributed by atoms with E-state index in [1.807, 2.05) is 53.9 Å². The van der Waals surface area contributed by atoms with Crippen LogP contribution in [0.2, 0.25) is 0 Å². The molecule has 0 amide bonds. The van der Waals surface area contributed by atoms with E-state index in [1.54, 1.807) is 0 Å². The fourth-order valence-corrected chi connectivity index (χ4v) is 4.98. The second-order valence-electron chi connectivity index (χ2n) is 6.86. The van der Waals surface area contributed by atoms with Crippen molar-refractivity contribution in [1.29, 1.82) is 0 Å². The number of para-hydroxylation sites is 1. The Morgan fingerprint density at radius 3 is 2.43 bits per heavy atom. The predicted molar refractivity (Wildman–Crippen MR) is 120 cm³/mol. The maximum absolute atomic E-state index is 5.96. The molecule has 2 heterocycles. The largest absolute Gasteiger partial charge is 0.456 e. The van der Waals surface area contributed by atoms with E-state index in [4.69, 9.17) is 9.41 Å². The number of hydrogen-bond acceptors (Lipinski definition) is 3.